The van der Waals surface area contributed by atoms with Gasteiger partial charge >= 0.3 is 6.36 Å². The summed E-state index contributed by atoms with van der Waals surface area (Å²) in [5.74, 6) is 0.125. The number of nitrogens with one attached hydrogen (secondary N) is 1. The number of halogens is 3. The molecule has 1 aromatic heterocycles. The maximum atomic E-state index is 12.4. The number of aromatic nitrogens is 1. The molecule has 1 saturated heterocycles. The Kier molecular flexibility index (Phi) is 6.67. The summed E-state index contributed by atoms with van der Waals surface area (Å²) in [6, 6.07) is 15.5. The van der Waals surface area contributed by atoms with E-state index >= 15 is 0 Å². The lowest BCUT2D eigenvalue weighted by Gasteiger charge is -2.29. The lowest BCUT2D eigenvalue weighted by atomic mass is 10.1. The number of benzene rings is 2. The van der Waals surface area contributed by atoms with Gasteiger partial charge in [-0.2, -0.15) is 0 Å². The molecule has 0 atom stereocenters. The molecule has 1 aliphatic rings. The summed E-state index contributed by atoms with van der Waals surface area (Å²) in [5, 5.41) is 3.10. The van der Waals surface area contributed by atoms with Gasteiger partial charge in [-0.1, -0.05) is 12.1 Å². The minimum atomic E-state index is -4.77. The van der Waals surface area contributed by atoms with Gasteiger partial charge in [0.2, 0.25) is 0 Å². The first-order chi connectivity index (χ1) is 16.1. The molecule has 1 N–H and O–H groups in total. The van der Waals surface area contributed by atoms with Crippen LogP contribution < -0.4 is 15.0 Å². The standard InChI is InChI=1S/C23H22F3N3O4S/c1-34(30,31)20-4-2-3-16(13-20)21-14-18(29-9-11-32-12-10-29)15-22(28-21)27-17-5-7-19(8-6-17)33-23(24,25)26/h2-8,13-15H,9-12H2,1H3,(H,27,28). The summed E-state index contributed by atoms with van der Waals surface area (Å²) in [4.78, 5) is 6.93. The molecule has 3 aromatic rings. The third-order valence-electron chi connectivity index (χ3n) is 5.10. The summed E-state index contributed by atoms with van der Waals surface area (Å²) >= 11 is 0. The van der Waals surface area contributed by atoms with Gasteiger partial charge in [0, 0.05) is 42.3 Å². The molecule has 1 aliphatic heterocycles. The van der Waals surface area contributed by atoms with Gasteiger partial charge in [0.25, 0.3) is 0 Å². The number of pyridine rings is 1. The molecule has 2 aromatic carbocycles. The molecule has 0 bridgehead atoms. The zero-order chi connectivity index (χ0) is 24.3. The summed E-state index contributed by atoms with van der Waals surface area (Å²) in [7, 11) is -3.40. The molecule has 180 valence electrons. The Morgan fingerprint density at radius 3 is 2.38 bits per heavy atom. The number of rotatable bonds is 6. The van der Waals surface area contributed by atoms with Crippen molar-refractivity contribution in [3.63, 3.8) is 0 Å². The van der Waals surface area contributed by atoms with E-state index < -0.39 is 16.2 Å². The van der Waals surface area contributed by atoms with Gasteiger partial charge < -0.3 is 19.7 Å². The second-order valence-corrected chi connectivity index (χ2v) is 9.71. The van der Waals surface area contributed by atoms with Crippen LogP contribution in [0.1, 0.15) is 0 Å². The van der Waals surface area contributed by atoms with Crippen LogP contribution in [-0.2, 0) is 14.6 Å². The lowest BCUT2D eigenvalue weighted by molar-refractivity contribution is -0.274. The van der Waals surface area contributed by atoms with Crippen LogP contribution in [-0.4, -0.2) is 52.3 Å². The fraction of sp³-hybridized carbons (Fsp3) is 0.261. The molecule has 2 heterocycles. The van der Waals surface area contributed by atoms with Gasteiger partial charge in [0.15, 0.2) is 9.84 Å². The fourth-order valence-electron chi connectivity index (χ4n) is 3.51. The molecule has 4 rings (SSSR count). The van der Waals surface area contributed by atoms with E-state index in [4.69, 9.17) is 4.74 Å². The van der Waals surface area contributed by atoms with Gasteiger partial charge in [0.1, 0.15) is 11.6 Å². The van der Waals surface area contributed by atoms with Gasteiger partial charge in [-0.05, 0) is 42.5 Å². The monoisotopic (exact) mass is 493 g/mol. The summed E-state index contributed by atoms with van der Waals surface area (Å²) in [6.07, 6.45) is -3.62. The molecule has 0 spiro atoms. The third kappa shape index (κ3) is 6.17. The number of hydrogen-bond donors (Lipinski definition) is 1. The van der Waals surface area contributed by atoms with Gasteiger partial charge in [0.05, 0.1) is 23.8 Å². The Bertz CT molecular complexity index is 1260. The fourth-order valence-corrected chi connectivity index (χ4v) is 4.17. The highest BCUT2D eigenvalue weighted by molar-refractivity contribution is 7.90. The van der Waals surface area contributed by atoms with Crippen LogP contribution in [0.25, 0.3) is 11.3 Å². The van der Waals surface area contributed by atoms with Crippen molar-refractivity contribution in [2.45, 2.75) is 11.3 Å². The first kappa shape index (κ1) is 23.8. The molecule has 0 saturated carbocycles. The highest BCUT2D eigenvalue weighted by atomic mass is 32.2. The van der Waals surface area contributed by atoms with Crippen molar-refractivity contribution in [3.05, 3.63) is 60.7 Å². The molecule has 34 heavy (non-hydrogen) atoms. The molecule has 0 unspecified atom stereocenters. The zero-order valence-corrected chi connectivity index (χ0v) is 19.0. The van der Waals surface area contributed by atoms with Crippen molar-refractivity contribution < 1.29 is 31.1 Å². The van der Waals surface area contributed by atoms with E-state index in [1.54, 1.807) is 18.2 Å². The highest BCUT2D eigenvalue weighted by Gasteiger charge is 2.31. The molecule has 11 heteroatoms. The van der Waals surface area contributed by atoms with Gasteiger partial charge in [-0.3, -0.25) is 0 Å². The predicted octanol–water partition coefficient (Wildman–Crippen LogP) is 4.63. The molecule has 0 aliphatic carbocycles. The Hall–Kier alpha value is -3.31. The number of sulfone groups is 1. The van der Waals surface area contributed by atoms with Gasteiger partial charge in [-0.15, -0.1) is 13.2 Å². The van der Waals surface area contributed by atoms with E-state index in [0.717, 1.165) is 11.9 Å². The van der Waals surface area contributed by atoms with Crippen molar-refractivity contribution in [1.82, 2.24) is 4.98 Å². The van der Waals surface area contributed by atoms with Crippen molar-refractivity contribution in [2.24, 2.45) is 0 Å². The number of ether oxygens (including phenoxy) is 2. The first-order valence-corrected chi connectivity index (χ1v) is 12.2. The number of nitrogens with zero attached hydrogens (tertiary/aromatic N) is 2. The largest absolute Gasteiger partial charge is 0.573 e. The zero-order valence-electron chi connectivity index (χ0n) is 18.2. The molecule has 0 amide bonds. The minimum absolute atomic E-state index is 0.179. The average Bonchev–Trinajstić information content (AvgIpc) is 2.79. The van der Waals surface area contributed by atoms with Crippen LogP contribution in [0.3, 0.4) is 0 Å². The summed E-state index contributed by atoms with van der Waals surface area (Å²) in [6.45, 7) is 2.50. The Balaban J connectivity index is 1.68. The third-order valence-corrected chi connectivity index (χ3v) is 6.21. The minimum Gasteiger partial charge on any atom is -0.406 e. The van der Waals surface area contributed by atoms with E-state index in [1.165, 1.54) is 30.3 Å². The predicted molar refractivity (Wildman–Crippen MR) is 122 cm³/mol. The SMILES string of the molecule is CS(=O)(=O)c1cccc(-c2cc(N3CCOCC3)cc(Nc3ccc(OC(F)(F)F)cc3)n2)c1. The second kappa shape index (κ2) is 9.51. The topological polar surface area (TPSA) is 80.8 Å². The van der Waals surface area contributed by atoms with E-state index in [9.17, 15) is 21.6 Å². The highest BCUT2D eigenvalue weighted by Crippen LogP contribution is 2.30. The van der Waals surface area contributed by atoms with E-state index in [-0.39, 0.29) is 10.6 Å². The van der Waals surface area contributed by atoms with Crippen molar-refractivity contribution in [1.29, 1.82) is 0 Å². The quantitative estimate of drug-likeness (QED) is 0.536. The average molecular weight is 494 g/mol. The van der Waals surface area contributed by atoms with Crippen LogP contribution in [0.15, 0.2) is 65.6 Å². The molecule has 1 fully saturated rings. The molecule has 0 radical (unpaired) electrons. The Labute approximate surface area is 195 Å². The summed E-state index contributed by atoms with van der Waals surface area (Å²) in [5.41, 5.74) is 2.54. The molecule has 7 nitrogen and oxygen atoms in total. The van der Waals surface area contributed by atoms with Crippen molar-refractivity contribution in [3.8, 4) is 17.0 Å². The van der Waals surface area contributed by atoms with Crippen molar-refractivity contribution >= 4 is 27.0 Å². The maximum Gasteiger partial charge on any atom is 0.573 e. The van der Waals surface area contributed by atoms with Crippen LogP contribution in [0.2, 0.25) is 0 Å². The van der Waals surface area contributed by atoms with E-state index in [1.807, 2.05) is 12.1 Å². The maximum absolute atomic E-state index is 12.4. The number of hydrogen-bond acceptors (Lipinski definition) is 7. The van der Waals surface area contributed by atoms with Crippen LogP contribution in [0.5, 0.6) is 5.75 Å². The van der Waals surface area contributed by atoms with Crippen LogP contribution in [0, 0.1) is 0 Å². The lowest BCUT2D eigenvalue weighted by Crippen LogP contribution is -2.36. The molecular weight excluding hydrogens is 471 g/mol. The first-order valence-electron chi connectivity index (χ1n) is 10.3. The Morgan fingerprint density at radius 1 is 1.03 bits per heavy atom. The van der Waals surface area contributed by atoms with Crippen LogP contribution >= 0.6 is 0 Å². The number of anilines is 3. The second-order valence-electron chi connectivity index (χ2n) is 7.69. The summed E-state index contributed by atoms with van der Waals surface area (Å²) < 4.78 is 70.6. The van der Waals surface area contributed by atoms with Crippen molar-refractivity contribution in [2.75, 3.05) is 42.8 Å². The molecular formula is C23H22F3N3O4S. The van der Waals surface area contributed by atoms with Gasteiger partial charge in [-0.25, -0.2) is 13.4 Å². The smallest absolute Gasteiger partial charge is 0.406 e. The number of morpholine rings is 1. The normalized spacial score (nSPS) is 14.6. The van der Waals surface area contributed by atoms with Crippen LogP contribution in [0.4, 0.5) is 30.4 Å². The number of alkyl halides is 3. The van der Waals surface area contributed by atoms with E-state index in [0.29, 0.717) is 49.1 Å². The van der Waals surface area contributed by atoms with E-state index in [2.05, 4.69) is 19.9 Å². The Morgan fingerprint density at radius 2 is 1.74 bits per heavy atom.